The first-order valence-corrected chi connectivity index (χ1v) is 6.69. The largest absolute Gasteiger partial charge is 0.479 e. The van der Waals surface area contributed by atoms with Gasteiger partial charge in [0.25, 0.3) is 0 Å². The Hall–Kier alpha value is -1.57. The molecule has 1 heterocycles. The Morgan fingerprint density at radius 3 is 2.57 bits per heavy atom. The van der Waals surface area contributed by atoms with E-state index in [2.05, 4.69) is 5.32 Å². The van der Waals surface area contributed by atoms with Gasteiger partial charge in [-0.25, -0.2) is 14.0 Å². The second kappa shape index (κ2) is 6.46. The van der Waals surface area contributed by atoms with Crippen LogP contribution in [-0.4, -0.2) is 47.8 Å². The highest BCUT2D eigenvalue weighted by atomic mass is 35.5. The average Bonchev–Trinajstić information content (AvgIpc) is 2.42. The van der Waals surface area contributed by atoms with Gasteiger partial charge in [-0.15, -0.1) is 0 Å². The van der Waals surface area contributed by atoms with E-state index >= 15 is 0 Å². The molecule has 0 aliphatic carbocycles. The predicted molar refractivity (Wildman–Crippen MR) is 74.4 cm³/mol. The second-order valence-electron chi connectivity index (χ2n) is 4.32. The SMILES string of the molecule is O=C(O)C1CN(C(=O)Nc2c(Cl)cc(F)cc2Cl)CCO1. The van der Waals surface area contributed by atoms with Crippen LogP contribution in [0.1, 0.15) is 0 Å². The van der Waals surface area contributed by atoms with E-state index in [-0.39, 0.29) is 35.4 Å². The van der Waals surface area contributed by atoms with Gasteiger partial charge in [0.2, 0.25) is 0 Å². The first-order valence-electron chi connectivity index (χ1n) is 5.93. The van der Waals surface area contributed by atoms with E-state index < -0.39 is 23.9 Å². The number of carboxylic acid groups (broad SMARTS) is 1. The number of rotatable bonds is 2. The lowest BCUT2D eigenvalue weighted by atomic mass is 10.2. The van der Waals surface area contributed by atoms with E-state index in [1.807, 2.05) is 0 Å². The van der Waals surface area contributed by atoms with Crippen LogP contribution in [0.25, 0.3) is 0 Å². The summed E-state index contributed by atoms with van der Waals surface area (Å²) in [7, 11) is 0. The van der Waals surface area contributed by atoms with Crippen molar-refractivity contribution in [1.29, 1.82) is 0 Å². The van der Waals surface area contributed by atoms with Crippen molar-refractivity contribution in [2.75, 3.05) is 25.0 Å². The fourth-order valence-electron chi connectivity index (χ4n) is 1.83. The van der Waals surface area contributed by atoms with Crippen molar-refractivity contribution >= 4 is 40.9 Å². The maximum absolute atomic E-state index is 13.1. The number of hydrogen-bond donors (Lipinski definition) is 2. The minimum Gasteiger partial charge on any atom is -0.479 e. The minimum absolute atomic E-state index is 0.0450. The van der Waals surface area contributed by atoms with Gasteiger partial charge in [0.1, 0.15) is 5.82 Å². The highest BCUT2D eigenvalue weighted by Gasteiger charge is 2.29. The van der Waals surface area contributed by atoms with Crippen LogP contribution in [-0.2, 0) is 9.53 Å². The molecular weight excluding hydrogens is 326 g/mol. The number of nitrogens with zero attached hydrogens (tertiary/aromatic N) is 1. The molecule has 1 aliphatic heterocycles. The maximum Gasteiger partial charge on any atom is 0.334 e. The number of hydrogen-bond acceptors (Lipinski definition) is 3. The zero-order chi connectivity index (χ0) is 15.6. The molecule has 114 valence electrons. The van der Waals surface area contributed by atoms with E-state index in [1.165, 1.54) is 4.90 Å². The lowest BCUT2D eigenvalue weighted by molar-refractivity contribution is -0.154. The Balaban J connectivity index is 2.10. The number of amides is 2. The lowest BCUT2D eigenvalue weighted by Crippen LogP contribution is -2.49. The van der Waals surface area contributed by atoms with E-state index in [0.29, 0.717) is 0 Å². The zero-order valence-electron chi connectivity index (χ0n) is 10.6. The fourth-order valence-corrected chi connectivity index (χ4v) is 2.39. The third-order valence-corrected chi connectivity index (χ3v) is 3.46. The summed E-state index contributed by atoms with van der Waals surface area (Å²) < 4.78 is 18.1. The molecule has 0 saturated carbocycles. The molecular formula is C12H11Cl2FN2O4. The zero-order valence-corrected chi connectivity index (χ0v) is 12.1. The summed E-state index contributed by atoms with van der Waals surface area (Å²) in [5, 5.41) is 11.2. The van der Waals surface area contributed by atoms with Crippen LogP contribution in [0.2, 0.25) is 10.0 Å². The van der Waals surface area contributed by atoms with Crippen LogP contribution in [0.4, 0.5) is 14.9 Å². The summed E-state index contributed by atoms with van der Waals surface area (Å²) in [4.78, 5) is 24.2. The quantitative estimate of drug-likeness (QED) is 0.869. The molecule has 1 aliphatic rings. The maximum atomic E-state index is 13.1. The number of carbonyl (C=O) groups is 2. The molecule has 9 heteroatoms. The lowest BCUT2D eigenvalue weighted by Gasteiger charge is -2.31. The van der Waals surface area contributed by atoms with Crippen molar-refractivity contribution < 1.29 is 23.8 Å². The van der Waals surface area contributed by atoms with Crippen molar-refractivity contribution in [2.45, 2.75) is 6.10 Å². The number of morpholine rings is 1. The topological polar surface area (TPSA) is 78.9 Å². The molecule has 0 bridgehead atoms. The van der Waals surface area contributed by atoms with Crippen molar-refractivity contribution in [2.24, 2.45) is 0 Å². The Bertz CT molecular complexity index is 561. The molecule has 0 radical (unpaired) electrons. The molecule has 21 heavy (non-hydrogen) atoms. The van der Waals surface area contributed by atoms with Gasteiger partial charge >= 0.3 is 12.0 Å². The highest BCUT2D eigenvalue weighted by molar-refractivity contribution is 6.39. The van der Waals surface area contributed by atoms with Gasteiger partial charge in [0, 0.05) is 6.54 Å². The summed E-state index contributed by atoms with van der Waals surface area (Å²) in [6.45, 7) is 0.235. The molecule has 2 amide bonds. The van der Waals surface area contributed by atoms with Gasteiger partial charge in [-0.2, -0.15) is 0 Å². The van der Waals surface area contributed by atoms with Gasteiger partial charge in [0.15, 0.2) is 6.10 Å². The van der Waals surface area contributed by atoms with Crippen molar-refractivity contribution in [3.63, 3.8) is 0 Å². The number of nitrogens with one attached hydrogen (secondary N) is 1. The minimum atomic E-state index is -1.15. The molecule has 0 spiro atoms. The normalized spacial score (nSPS) is 18.4. The van der Waals surface area contributed by atoms with Crippen LogP contribution >= 0.6 is 23.2 Å². The summed E-state index contributed by atoms with van der Waals surface area (Å²) in [5.74, 6) is -1.77. The fraction of sp³-hybridized carbons (Fsp3) is 0.333. The van der Waals surface area contributed by atoms with Gasteiger partial charge < -0.3 is 20.1 Å². The smallest absolute Gasteiger partial charge is 0.334 e. The van der Waals surface area contributed by atoms with Crippen LogP contribution in [0.15, 0.2) is 12.1 Å². The molecule has 1 fully saturated rings. The number of ether oxygens (including phenoxy) is 1. The number of urea groups is 1. The standard InChI is InChI=1S/C12H11Cl2FN2O4/c13-7-3-6(15)4-8(14)10(7)16-12(20)17-1-2-21-9(5-17)11(18)19/h3-4,9H,1-2,5H2,(H,16,20)(H,18,19). The molecule has 1 unspecified atom stereocenters. The Kier molecular flexibility index (Phi) is 4.87. The molecule has 2 N–H and O–H groups in total. The molecule has 1 atom stereocenters. The van der Waals surface area contributed by atoms with Crippen LogP contribution in [0.3, 0.4) is 0 Å². The van der Waals surface area contributed by atoms with Gasteiger partial charge in [-0.05, 0) is 12.1 Å². The highest BCUT2D eigenvalue weighted by Crippen LogP contribution is 2.31. The average molecular weight is 337 g/mol. The van der Waals surface area contributed by atoms with Gasteiger partial charge in [0.05, 0.1) is 28.9 Å². The molecule has 0 aromatic heterocycles. The van der Waals surface area contributed by atoms with E-state index in [9.17, 15) is 14.0 Å². The van der Waals surface area contributed by atoms with E-state index in [4.69, 9.17) is 33.0 Å². The Labute approximate surface area is 129 Å². The molecule has 1 saturated heterocycles. The number of aliphatic carboxylic acids is 1. The predicted octanol–water partition coefficient (Wildman–Crippen LogP) is 2.45. The molecule has 6 nitrogen and oxygen atoms in total. The number of carbonyl (C=O) groups excluding carboxylic acids is 1. The monoisotopic (exact) mass is 336 g/mol. The molecule has 1 aromatic carbocycles. The first kappa shape index (κ1) is 15.8. The van der Waals surface area contributed by atoms with E-state index in [0.717, 1.165) is 12.1 Å². The number of benzene rings is 1. The first-order chi connectivity index (χ1) is 9.88. The Morgan fingerprint density at radius 2 is 2.00 bits per heavy atom. The van der Waals surface area contributed by atoms with Crippen LogP contribution in [0, 0.1) is 5.82 Å². The number of anilines is 1. The molecule has 2 rings (SSSR count). The van der Waals surface area contributed by atoms with Crippen molar-refractivity contribution in [3.05, 3.63) is 28.0 Å². The Morgan fingerprint density at radius 1 is 1.38 bits per heavy atom. The third kappa shape index (κ3) is 3.75. The van der Waals surface area contributed by atoms with Crippen molar-refractivity contribution in [3.8, 4) is 0 Å². The van der Waals surface area contributed by atoms with Crippen LogP contribution < -0.4 is 5.32 Å². The van der Waals surface area contributed by atoms with Crippen molar-refractivity contribution in [1.82, 2.24) is 4.90 Å². The number of halogens is 3. The number of carboxylic acids is 1. The summed E-state index contributed by atoms with van der Waals surface area (Å²) >= 11 is 11.6. The molecule has 1 aromatic rings. The van der Waals surface area contributed by atoms with Crippen LogP contribution in [0.5, 0.6) is 0 Å². The van der Waals surface area contributed by atoms with Gasteiger partial charge in [-0.3, -0.25) is 0 Å². The third-order valence-electron chi connectivity index (χ3n) is 2.87. The second-order valence-corrected chi connectivity index (χ2v) is 5.13. The van der Waals surface area contributed by atoms with Gasteiger partial charge in [-0.1, -0.05) is 23.2 Å². The van der Waals surface area contributed by atoms with E-state index in [1.54, 1.807) is 0 Å². The summed E-state index contributed by atoms with van der Waals surface area (Å²) in [6, 6.07) is 1.45. The summed E-state index contributed by atoms with van der Waals surface area (Å²) in [6.07, 6.45) is -1.08. The summed E-state index contributed by atoms with van der Waals surface area (Å²) in [5.41, 5.74) is 0.0723.